The van der Waals surface area contributed by atoms with E-state index in [1.807, 2.05) is 0 Å². The lowest BCUT2D eigenvalue weighted by molar-refractivity contribution is 0.860. The van der Waals surface area contributed by atoms with Gasteiger partial charge in [-0.2, -0.15) is 0 Å². The smallest absolute Gasteiger partial charge is 0.0166 e. The molecule has 0 fully saturated rings. The topological polar surface area (TPSA) is 0 Å². The third-order valence-electron chi connectivity index (χ3n) is 2.23. The molecule has 0 aliphatic heterocycles. The van der Waals surface area contributed by atoms with Crippen LogP contribution in [-0.2, 0) is 0 Å². The molecule has 0 spiro atoms. The van der Waals surface area contributed by atoms with Crippen molar-refractivity contribution in [2.45, 2.75) is 38.5 Å². The molecule has 1 rings (SSSR count). The van der Waals surface area contributed by atoms with Crippen molar-refractivity contribution in [3.63, 3.8) is 0 Å². The van der Waals surface area contributed by atoms with E-state index in [0.29, 0.717) is 0 Å². The lowest BCUT2D eigenvalue weighted by atomic mass is 10.2. The van der Waals surface area contributed by atoms with Gasteiger partial charge in [-0.05, 0) is 38.5 Å². The highest BCUT2D eigenvalue weighted by Crippen LogP contribution is 2.02. The summed E-state index contributed by atoms with van der Waals surface area (Å²) in [6.07, 6.45) is 25.0. The first-order valence-corrected chi connectivity index (χ1v) is 5.62. The van der Waals surface area contributed by atoms with E-state index < -0.39 is 0 Å². The van der Waals surface area contributed by atoms with Gasteiger partial charge in [0.05, 0.1) is 0 Å². The molecule has 0 aromatic rings. The fourth-order valence-electron chi connectivity index (χ4n) is 1.41. The molecule has 0 aromatic heterocycles. The molecule has 1 aliphatic rings. The lowest BCUT2D eigenvalue weighted by Crippen LogP contribution is -1.71. The summed E-state index contributed by atoms with van der Waals surface area (Å²) < 4.78 is 0. The molecule has 0 unspecified atom stereocenters. The van der Waals surface area contributed by atoms with E-state index in [4.69, 9.17) is 0 Å². The maximum atomic E-state index is 2.31. The van der Waals surface area contributed by atoms with Gasteiger partial charge in [0, 0.05) is 0 Å². The third-order valence-corrected chi connectivity index (χ3v) is 2.23. The van der Waals surface area contributed by atoms with Crippen molar-refractivity contribution in [3.05, 3.63) is 48.6 Å². The van der Waals surface area contributed by atoms with Crippen molar-refractivity contribution < 1.29 is 0 Å². The van der Waals surface area contributed by atoms with Crippen molar-refractivity contribution in [2.75, 3.05) is 0 Å². The lowest BCUT2D eigenvalue weighted by Gasteiger charge is -1.91. The second kappa shape index (κ2) is 8.55. The van der Waals surface area contributed by atoms with Crippen molar-refractivity contribution in [1.29, 1.82) is 0 Å². The molecule has 14 heavy (non-hydrogen) atoms. The maximum Gasteiger partial charge on any atom is -0.0166 e. The summed E-state index contributed by atoms with van der Waals surface area (Å²) in [5.74, 6) is 0. The van der Waals surface area contributed by atoms with Gasteiger partial charge in [0.1, 0.15) is 0 Å². The van der Waals surface area contributed by atoms with Crippen molar-refractivity contribution >= 4 is 0 Å². The van der Waals surface area contributed by atoms with Gasteiger partial charge in [-0.1, -0.05) is 48.6 Å². The second-order valence-electron chi connectivity index (χ2n) is 3.54. The molecule has 0 bridgehead atoms. The highest BCUT2D eigenvalue weighted by molar-refractivity contribution is 5.05. The number of allylic oxidation sites excluding steroid dienone is 8. The molecule has 76 valence electrons. The molecular weight excluding hydrogens is 168 g/mol. The monoisotopic (exact) mass is 188 g/mol. The first kappa shape index (κ1) is 11.0. The average Bonchev–Trinajstić information content (AvgIpc) is 2.22. The molecule has 0 amide bonds. The number of hydrogen-bond donors (Lipinski definition) is 0. The molecule has 0 saturated carbocycles. The zero-order chi connectivity index (χ0) is 9.90. The molecule has 0 aromatic carbocycles. The standard InChI is InChI=1S/C14H20/c1-2-4-6-8-10-12-14-13-11-9-7-5-3-1/h1-4,7,9-10,12H,5-6,8,11,13-14H2/b3-1-,4-2-,9-7-,12-10-. The Labute approximate surface area is 87.7 Å². The van der Waals surface area contributed by atoms with Gasteiger partial charge in [0.2, 0.25) is 0 Å². The third kappa shape index (κ3) is 6.47. The zero-order valence-electron chi connectivity index (χ0n) is 8.86. The minimum Gasteiger partial charge on any atom is -0.0885 e. The summed E-state index contributed by atoms with van der Waals surface area (Å²) in [4.78, 5) is 0. The normalized spacial score (nSPS) is 28.6. The summed E-state index contributed by atoms with van der Waals surface area (Å²) in [6, 6.07) is 0. The summed E-state index contributed by atoms with van der Waals surface area (Å²) in [7, 11) is 0. The maximum absolute atomic E-state index is 2.31. The molecule has 0 N–H and O–H groups in total. The van der Waals surface area contributed by atoms with Crippen LogP contribution in [0.3, 0.4) is 0 Å². The molecular formula is C14H20. The van der Waals surface area contributed by atoms with Crippen LogP contribution in [-0.4, -0.2) is 0 Å². The van der Waals surface area contributed by atoms with Gasteiger partial charge in [-0.15, -0.1) is 0 Å². The summed E-state index contributed by atoms with van der Waals surface area (Å²) in [5.41, 5.74) is 0. The summed E-state index contributed by atoms with van der Waals surface area (Å²) in [6.45, 7) is 0. The van der Waals surface area contributed by atoms with Crippen molar-refractivity contribution in [2.24, 2.45) is 0 Å². The van der Waals surface area contributed by atoms with Gasteiger partial charge < -0.3 is 0 Å². The predicted octanol–water partition coefficient (Wildman–Crippen LogP) is 4.57. The highest BCUT2D eigenvalue weighted by atomic mass is 13.9. The Hall–Kier alpha value is -1.04. The Bertz CT molecular complexity index is 228. The fraction of sp³-hybridized carbons (Fsp3) is 0.429. The average molecular weight is 188 g/mol. The molecule has 0 nitrogen and oxygen atoms in total. The van der Waals surface area contributed by atoms with Crippen LogP contribution in [0.4, 0.5) is 0 Å². The van der Waals surface area contributed by atoms with E-state index in [1.165, 1.54) is 25.7 Å². The van der Waals surface area contributed by atoms with E-state index in [-0.39, 0.29) is 0 Å². The molecule has 0 saturated heterocycles. The van der Waals surface area contributed by atoms with Gasteiger partial charge in [-0.25, -0.2) is 0 Å². The van der Waals surface area contributed by atoms with Crippen LogP contribution in [0.2, 0.25) is 0 Å². The molecule has 0 atom stereocenters. The van der Waals surface area contributed by atoms with E-state index in [0.717, 1.165) is 12.8 Å². The predicted molar refractivity (Wildman–Crippen MR) is 64.3 cm³/mol. The SMILES string of the molecule is C1=C\C/C=C\CCC/C=C\CC\C=C/1. The molecule has 0 radical (unpaired) electrons. The summed E-state index contributed by atoms with van der Waals surface area (Å²) in [5, 5.41) is 0. The van der Waals surface area contributed by atoms with Crippen LogP contribution in [0.1, 0.15) is 38.5 Å². The van der Waals surface area contributed by atoms with Gasteiger partial charge in [0.25, 0.3) is 0 Å². The zero-order valence-corrected chi connectivity index (χ0v) is 8.86. The molecule has 0 heterocycles. The van der Waals surface area contributed by atoms with Crippen molar-refractivity contribution in [3.8, 4) is 0 Å². The van der Waals surface area contributed by atoms with Crippen molar-refractivity contribution in [1.82, 2.24) is 0 Å². The quantitative estimate of drug-likeness (QED) is 0.489. The van der Waals surface area contributed by atoms with Crippen LogP contribution in [0, 0.1) is 0 Å². The largest absolute Gasteiger partial charge is 0.0885 e. The van der Waals surface area contributed by atoms with E-state index >= 15 is 0 Å². The molecule has 0 heteroatoms. The molecule has 1 aliphatic carbocycles. The van der Waals surface area contributed by atoms with Crippen LogP contribution in [0.5, 0.6) is 0 Å². The Balaban J connectivity index is 2.35. The van der Waals surface area contributed by atoms with Crippen LogP contribution >= 0.6 is 0 Å². The highest BCUT2D eigenvalue weighted by Gasteiger charge is 1.82. The first-order valence-electron chi connectivity index (χ1n) is 5.62. The Morgan fingerprint density at radius 3 is 2.07 bits per heavy atom. The minimum absolute atomic E-state index is 1.07. The Morgan fingerprint density at radius 2 is 1.14 bits per heavy atom. The Kier molecular flexibility index (Phi) is 6.74. The van der Waals surface area contributed by atoms with Crippen LogP contribution in [0.15, 0.2) is 48.6 Å². The van der Waals surface area contributed by atoms with Gasteiger partial charge >= 0.3 is 0 Å². The number of rotatable bonds is 0. The summed E-state index contributed by atoms with van der Waals surface area (Å²) >= 11 is 0. The number of hydrogen-bond acceptors (Lipinski definition) is 0. The van der Waals surface area contributed by atoms with E-state index in [9.17, 15) is 0 Å². The van der Waals surface area contributed by atoms with E-state index in [2.05, 4.69) is 48.6 Å². The van der Waals surface area contributed by atoms with Gasteiger partial charge in [0.15, 0.2) is 0 Å². The van der Waals surface area contributed by atoms with Crippen LogP contribution in [0.25, 0.3) is 0 Å². The first-order chi connectivity index (χ1) is 7.00. The fourth-order valence-corrected chi connectivity index (χ4v) is 1.41. The minimum atomic E-state index is 1.07. The van der Waals surface area contributed by atoms with Crippen LogP contribution < -0.4 is 0 Å². The van der Waals surface area contributed by atoms with Gasteiger partial charge in [-0.3, -0.25) is 0 Å². The van der Waals surface area contributed by atoms with E-state index in [1.54, 1.807) is 0 Å². The Morgan fingerprint density at radius 1 is 0.500 bits per heavy atom. The second-order valence-corrected chi connectivity index (χ2v) is 3.54.